The standard InChI is InChI=1S/C4H12BrN3S2/c1-7(9-2)6-8(4-5)10-3/h6H,4H2,1-3H3. The van der Waals surface area contributed by atoms with Gasteiger partial charge >= 0.3 is 0 Å². The zero-order valence-corrected chi connectivity index (χ0v) is 9.51. The lowest BCUT2D eigenvalue weighted by Crippen LogP contribution is -2.39. The minimum Gasteiger partial charge on any atom is -0.177 e. The molecule has 0 aliphatic rings. The predicted molar refractivity (Wildman–Crippen MR) is 53.6 cm³/mol. The Balaban J connectivity index is 3.41. The van der Waals surface area contributed by atoms with Crippen molar-refractivity contribution in [2.75, 3.05) is 25.0 Å². The van der Waals surface area contributed by atoms with Crippen LogP contribution in [0.4, 0.5) is 0 Å². The van der Waals surface area contributed by atoms with Crippen LogP contribution in [0.25, 0.3) is 0 Å². The summed E-state index contributed by atoms with van der Waals surface area (Å²) in [6.07, 6.45) is 4.03. The van der Waals surface area contributed by atoms with E-state index < -0.39 is 0 Å². The van der Waals surface area contributed by atoms with Gasteiger partial charge in [0.15, 0.2) is 0 Å². The number of alkyl halides is 1. The molecule has 0 radical (unpaired) electrons. The van der Waals surface area contributed by atoms with Crippen molar-refractivity contribution in [2.24, 2.45) is 0 Å². The molecule has 3 nitrogen and oxygen atoms in total. The highest BCUT2D eigenvalue weighted by Gasteiger charge is 2.01. The number of nitrogens with zero attached hydrogens (tertiary/aromatic N) is 2. The van der Waals surface area contributed by atoms with Crippen molar-refractivity contribution in [1.29, 1.82) is 0 Å². The van der Waals surface area contributed by atoms with E-state index in [9.17, 15) is 0 Å². The summed E-state index contributed by atoms with van der Waals surface area (Å²) in [5, 5.41) is 0. The fourth-order valence-electron chi connectivity index (χ4n) is 0.314. The Labute approximate surface area is 79.2 Å². The van der Waals surface area contributed by atoms with E-state index >= 15 is 0 Å². The van der Waals surface area contributed by atoms with Gasteiger partial charge in [-0.25, -0.2) is 0 Å². The van der Waals surface area contributed by atoms with E-state index in [1.807, 2.05) is 28.4 Å². The van der Waals surface area contributed by atoms with Gasteiger partial charge in [-0.2, -0.15) is 14.4 Å². The first kappa shape index (κ1) is 11.1. The van der Waals surface area contributed by atoms with E-state index in [1.165, 1.54) is 0 Å². The molecular formula is C4H12BrN3S2. The van der Waals surface area contributed by atoms with Gasteiger partial charge in [0.25, 0.3) is 0 Å². The maximum atomic E-state index is 3.34. The predicted octanol–water partition coefficient (Wildman–Crippen LogP) is 1.55. The van der Waals surface area contributed by atoms with E-state index in [2.05, 4.69) is 21.5 Å². The molecule has 0 aliphatic carbocycles. The van der Waals surface area contributed by atoms with Gasteiger partial charge in [0.1, 0.15) is 0 Å². The molecule has 6 heteroatoms. The average Bonchev–Trinajstić information content (AvgIpc) is 1.99. The highest BCUT2D eigenvalue weighted by atomic mass is 79.9. The van der Waals surface area contributed by atoms with Gasteiger partial charge in [0.2, 0.25) is 0 Å². The first-order valence-electron chi connectivity index (χ1n) is 2.66. The minimum atomic E-state index is 0.805. The molecule has 0 unspecified atom stereocenters. The van der Waals surface area contributed by atoms with Gasteiger partial charge in [-0.1, -0.05) is 39.8 Å². The van der Waals surface area contributed by atoms with Crippen LogP contribution >= 0.6 is 39.8 Å². The summed E-state index contributed by atoms with van der Waals surface area (Å²) in [5.74, 6) is 0. The topological polar surface area (TPSA) is 18.5 Å². The van der Waals surface area contributed by atoms with E-state index in [1.54, 1.807) is 23.9 Å². The maximum absolute atomic E-state index is 3.34. The van der Waals surface area contributed by atoms with Crippen molar-refractivity contribution in [2.45, 2.75) is 0 Å². The summed E-state index contributed by atoms with van der Waals surface area (Å²) in [6, 6.07) is 0. The summed E-state index contributed by atoms with van der Waals surface area (Å²) >= 11 is 6.60. The third kappa shape index (κ3) is 4.81. The molecule has 0 heterocycles. The van der Waals surface area contributed by atoms with Crippen LogP contribution in [0.1, 0.15) is 0 Å². The summed E-state index contributed by atoms with van der Waals surface area (Å²) in [5.41, 5.74) is 3.92. The Morgan fingerprint density at radius 1 is 1.40 bits per heavy atom. The molecule has 0 aromatic rings. The summed E-state index contributed by atoms with van der Waals surface area (Å²) in [4.78, 5) is 0. The minimum absolute atomic E-state index is 0.805. The largest absolute Gasteiger partial charge is 0.177 e. The molecule has 10 heavy (non-hydrogen) atoms. The van der Waals surface area contributed by atoms with Crippen LogP contribution in [-0.4, -0.2) is 33.8 Å². The number of hydrazine groups is 2. The molecule has 0 fully saturated rings. The fourth-order valence-corrected chi connectivity index (χ4v) is 1.57. The van der Waals surface area contributed by atoms with Crippen molar-refractivity contribution >= 4 is 39.8 Å². The lowest BCUT2D eigenvalue weighted by molar-refractivity contribution is 0.248. The Morgan fingerprint density at radius 3 is 2.30 bits per heavy atom. The van der Waals surface area contributed by atoms with E-state index in [0.29, 0.717) is 0 Å². The molecule has 0 saturated heterocycles. The Hall–Kier alpha value is 1.06. The molecule has 0 bridgehead atoms. The Bertz CT molecular complexity index is 80.9. The molecule has 0 aliphatic heterocycles. The zero-order chi connectivity index (χ0) is 7.98. The van der Waals surface area contributed by atoms with Crippen LogP contribution in [0, 0.1) is 0 Å². The van der Waals surface area contributed by atoms with Crippen LogP contribution in [0.3, 0.4) is 0 Å². The van der Waals surface area contributed by atoms with Gasteiger partial charge in [-0.15, -0.1) is 0 Å². The highest BCUT2D eigenvalue weighted by molar-refractivity contribution is 9.09. The lowest BCUT2D eigenvalue weighted by Gasteiger charge is -2.22. The lowest BCUT2D eigenvalue weighted by atomic mass is 11.4. The number of halogens is 1. The highest BCUT2D eigenvalue weighted by Crippen LogP contribution is 2.05. The van der Waals surface area contributed by atoms with Gasteiger partial charge in [0.05, 0.1) is 5.45 Å². The second-order valence-corrected chi connectivity index (χ2v) is 3.68. The molecule has 0 atom stereocenters. The third-order valence-electron chi connectivity index (χ3n) is 0.855. The van der Waals surface area contributed by atoms with Crippen molar-refractivity contribution in [3.63, 3.8) is 0 Å². The van der Waals surface area contributed by atoms with Crippen LogP contribution < -0.4 is 5.53 Å². The smallest absolute Gasteiger partial charge is 0.0812 e. The molecule has 0 aromatic carbocycles. The van der Waals surface area contributed by atoms with Gasteiger partial charge in [0, 0.05) is 7.05 Å². The second kappa shape index (κ2) is 6.75. The van der Waals surface area contributed by atoms with Gasteiger partial charge in [-0.05, 0) is 12.5 Å². The van der Waals surface area contributed by atoms with Crippen LogP contribution in [0.2, 0.25) is 0 Å². The summed E-state index contributed by atoms with van der Waals surface area (Å²) in [7, 11) is 1.97. The Morgan fingerprint density at radius 2 is 2.00 bits per heavy atom. The maximum Gasteiger partial charge on any atom is 0.0812 e. The zero-order valence-electron chi connectivity index (χ0n) is 6.30. The summed E-state index contributed by atoms with van der Waals surface area (Å²) in [6.45, 7) is 0. The summed E-state index contributed by atoms with van der Waals surface area (Å²) < 4.78 is 3.90. The van der Waals surface area contributed by atoms with Crippen molar-refractivity contribution in [1.82, 2.24) is 14.4 Å². The molecule has 0 spiro atoms. The van der Waals surface area contributed by atoms with Crippen LogP contribution in [0.15, 0.2) is 0 Å². The van der Waals surface area contributed by atoms with Crippen molar-refractivity contribution in [3.05, 3.63) is 0 Å². The molecule has 1 N–H and O–H groups in total. The molecule has 0 amide bonds. The fraction of sp³-hybridized carbons (Fsp3) is 1.00. The number of rotatable bonds is 5. The normalized spacial score (nSPS) is 11.4. The quantitative estimate of drug-likeness (QED) is 0.342. The number of hydrogen-bond acceptors (Lipinski definition) is 5. The van der Waals surface area contributed by atoms with E-state index in [-0.39, 0.29) is 0 Å². The number of hydrogen-bond donors (Lipinski definition) is 1. The van der Waals surface area contributed by atoms with Gasteiger partial charge in [-0.3, -0.25) is 0 Å². The molecule has 0 rings (SSSR count). The molecule has 62 valence electrons. The first-order chi connectivity index (χ1) is 4.74. The van der Waals surface area contributed by atoms with Crippen molar-refractivity contribution < 1.29 is 0 Å². The molecule has 0 aromatic heterocycles. The van der Waals surface area contributed by atoms with Gasteiger partial charge < -0.3 is 0 Å². The SMILES string of the molecule is CSN(C)NN(CBr)SC. The van der Waals surface area contributed by atoms with Crippen LogP contribution in [-0.2, 0) is 0 Å². The second-order valence-electron chi connectivity index (χ2n) is 1.46. The molecule has 0 saturated carbocycles. The third-order valence-corrected chi connectivity index (χ3v) is 2.97. The Kier molecular flexibility index (Phi) is 7.47. The van der Waals surface area contributed by atoms with Crippen LogP contribution in [0.5, 0.6) is 0 Å². The average molecular weight is 246 g/mol. The first-order valence-corrected chi connectivity index (χ1v) is 6.14. The molecular weight excluding hydrogens is 234 g/mol. The van der Waals surface area contributed by atoms with Crippen molar-refractivity contribution in [3.8, 4) is 0 Å². The van der Waals surface area contributed by atoms with E-state index in [0.717, 1.165) is 5.45 Å². The number of nitrogens with one attached hydrogen (secondary N) is 1. The van der Waals surface area contributed by atoms with E-state index in [4.69, 9.17) is 0 Å². The monoisotopic (exact) mass is 245 g/mol.